The van der Waals surface area contributed by atoms with Crippen LogP contribution >= 0.6 is 0 Å². The van der Waals surface area contributed by atoms with E-state index in [9.17, 15) is 8.42 Å². The Morgan fingerprint density at radius 2 is 1.25 bits per heavy atom. The summed E-state index contributed by atoms with van der Waals surface area (Å²) in [7, 11) is -3.17. The molecule has 0 unspecified atom stereocenters. The van der Waals surface area contributed by atoms with Crippen molar-refractivity contribution < 1.29 is 28.0 Å². The van der Waals surface area contributed by atoms with Gasteiger partial charge >= 0.3 is 0 Å². The fourth-order valence-electron chi connectivity index (χ4n) is 2.91. The van der Waals surface area contributed by atoms with E-state index in [1.807, 2.05) is 0 Å². The number of hydrogen-bond donors (Lipinski definition) is 0. The molecule has 1 saturated carbocycles. The molecular weight excluding hydrogens is 286 g/mol. The van der Waals surface area contributed by atoms with Crippen LogP contribution in [-0.4, -0.2) is 43.6 Å². The van der Waals surface area contributed by atoms with Gasteiger partial charge in [-0.25, -0.2) is 12.7 Å². The van der Waals surface area contributed by atoms with Crippen LogP contribution in [0.15, 0.2) is 0 Å². The number of rotatable bonds is 1. The van der Waals surface area contributed by atoms with Crippen LogP contribution in [0.25, 0.3) is 0 Å². The molecule has 2 saturated heterocycles. The van der Waals surface area contributed by atoms with Crippen LogP contribution in [0.5, 0.6) is 0 Å². The number of piperidine rings is 1. The Balaban J connectivity index is 1.58. The second-order valence-corrected chi connectivity index (χ2v) is 7.86. The zero-order valence-electron chi connectivity index (χ0n) is 11.7. The molecule has 0 amide bonds. The molecule has 3 aliphatic rings. The van der Waals surface area contributed by atoms with Gasteiger partial charge in [0, 0.05) is 38.8 Å². The molecule has 0 atom stereocenters. The third kappa shape index (κ3) is 2.86. The normalized spacial score (nSPS) is 30.6. The van der Waals surface area contributed by atoms with Crippen LogP contribution in [0, 0.1) is 0 Å². The highest BCUT2D eigenvalue weighted by molar-refractivity contribution is 7.88. The minimum atomic E-state index is -3.17. The third-order valence-electron chi connectivity index (χ3n) is 4.26. The lowest BCUT2D eigenvalue weighted by Gasteiger charge is -2.46. The van der Waals surface area contributed by atoms with E-state index in [-0.39, 0.29) is 0 Å². The summed E-state index contributed by atoms with van der Waals surface area (Å²) in [6.07, 6.45) is 6.76. The SMILES string of the molecule is CS(=O)(=O)N1CCC2(CC1)OOC1(CCCCC1)OO2. The second kappa shape index (κ2) is 5.19. The Hall–Kier alpha value is -0.250. The van der Waals surface area contributed by atoms with Gasteiger partial charge in [0.2, 0.25) is 21.6 Å². The van der Waals surface area contributed by atoms with E-state index in [1.54, 1.807) is 0 Å². The lowest BCUT2D eigenvalue weighted by atomic mass is 9.94. The van der Waals surface area contributed by atoms with Gasteiger partial charge in [0.25, 0.3) is 0 Å². The summed E-state index contributed by atoms with van der Waals surface area (Å²) >= 11 is 0. The first-order valence-electron chi connectivity index (χ1n) is 7.12. The maximum atomic E-state index is 11.5. The largest absolute Gasteiger partial charge is 0.236 e. The summed E-state index contributed by atoms with van der Waals surface area (Å²) in [4.78, 5) is 22.0. The average molecular weight is 307 g/mol. The predicted molar refractivity (Wildman–Crippen MR) is 68.5 cm³/mol. The topological polar surface area (TPSA) is 74.3 Å². The van der Waals surface area contributed by atoms with Gasteiger partial charge in [-0.2, -0.15) is 19.6 Å². The van der Waals surface area contributed by atoms with Crippen LogP contribution < -0.4 is 0 Å². The predicted octanol–water partition coefficient (Wildman–Crippen LogP) is 1.31. The maximum absolute atomic E-state index is 11.5. The highest BCUT2D eigenvalue weighted by atomic mass is 32.2. The fraction of sp³-hybridized carbons (Fsp3) is 1.00. The van der Waals surface area contributed by atoms with Crippen molar-refractivity contribution in [1.82, 2.24) is 4.31 Å². The van der Waals surface area contributed by atoms with Crippen molar-refractivity contribution >= 4 is 10.0 Å². The molecular formula is C12H21NO6S. The second-order valence-electron chi connectivity index (χ2n) is 5.88. The van der Waals surface area contributed by atoms with Crippen molar-refractivity contribution in [3.63, 3.8) is 0 Å². The maximum Gasteiger partial charge on any atom is 0.236 e. The summed E-state index contributed by atoms with van der Waals surface area (Å²) in [5, 5.41) is 0. The molecule has 0 aromatic rings. The minimum Gasteiger partial charge on any atom is -0.213 e. The van der Waals surface area contributed by atoms with Gasteiger partial charge in [0.05, 0.1) is 6.26 Å². The van der Waals surface area contributed by atoms with Gasteiger partial charge in [-0.15, -0.1) is 0 Å². The molecule has 2 spiro atoms. The summed E-state index contributed by atoms with van der Waals surface area (Å²) < 4.78 is 24.4. The number of hydrogen-bond acceptors (Lipinski definition) is 6. The standard InChI is InChI=1S/C12H21NO6S/c1-20(14,15)13-9-7-12(8-10-13)18-16-11(17-19-12)5-3-2-4-6-11/h2-10H2,1H3. The van der Waals surface area contributed by atoms with E-state index in [0.717, 1.165) is 25.7 Å². The van der Waals surface area contributed by atoms with Gasteiger partial charge in [0.15, 0.2) is 0 Å². The third-order valence-corrected chi connectivity index (χ3v) is 5.56. The zero-order valence-corrected chi connectivity index (χ0v) is 12.5. The van der Waals surface area contributed by atoms with Gasteiger partial charge in [0.1, 0.15) is 0 Å². The number of nitrogens with zero attached hydrogens (tertiary/aromatic N) is 1. The van der Waals surface area contributed by atoms with Gasteiger partial charge < -0.3 is 0 Å². The molecule has 3 fully saturated rings. The molecule has 2 aliphatic heterocycles. The molecule has 0 aromatic heterocycles. The molecule has 1 aliphatic carbocycles. The molecule has 0 N–H and O–H groups in total. The Morgan fingerprint density at radius 1 is 0.800 bits per heavy atom. The van der Waals surface area contributed by atoms with Crippen molar-refractivity contribution in [2.75, 3.05) is 19.3 Å². The van der Waals surface area contributed by atoms with Gasteiger partial charge in [-0.1, -0.05) is 6.42 Å². The van der Waals surface area contributed by atoms with Crippen LogP contribution in [-0.2, 0) is 29.6 Å². The monoisotopic (exact) mass is 307 g/mol. The van der Waals surface area contributed by atoms with E-state index in [4.69, 9.17) is 19.6 Å². The van der Waals surface area contributed by atoms with E-state index in [1.165, 1.54) is 17.0 Å². The Labute approximate surface area is 119 Å². The fourth-order valence-corrected chi connectivity index (χ4v) is 3.76. The molecule has 7 nitrogen and oxygen atoms in total. The lowest BCUT2D eigenvalue weighted by molar-refractivity contribution is -0.662. The highest BCUT2D eigenvalue weighted by Crippen LogP contribution is 2.42. The average Bonchev–Trinajstić information content (AvgIpc) is 2.44. The van der Waals surface area contributed by atoms with Crippen molar-refractivity contribution in [3.05, 3.63) is 0 Å². The first-order chi connectivity index (χ1) is 9.43. The van der Waals surface area contributed by atoms with Gasteiger partial charge in [-0.05, 0) is 12.8 Å². The van der Waals surface area contributed by atoms with E-state index < -0.39 is 21.6 Å². The van der Waals surface area contributed by atoms with Crippen LogP contribution in [0.4, 0.5) is 0 Å². The molecule has 0 aromatic carbocycles. The summed E-state index contributed by atoms with van der Waals surface area (Å²) in [6.45, 7) is 0.692. The summed E-state index contributed by atoms with van der Waals surface area (Å²) in [5.41, 5.74) is 0. The molecule has 0 bridgehead atoms. The molecule has 3 rings (SSSR count). The smallest absolute Gasteiger partial charge is 0.213 e. The Bertz CT molecular complexity index is 439. The quantitative estimate of drug-likeness (QED) is 0.680. The lowest BCUT2D eigenvalue weighted by Crippen LogP contribution is -2.56. The minimum absolute atomic E-state index is 0.346. The van der Waals surface area contributed by atoms with Crippen molar-refractivity contribution in [1.29, 1.82) is 0 Å². The van der Waals surface area contributed by atoms with Gasteiger partial charge in [-0.3, -0.25) is 0 Å². The highest BCUT2D eigenvalue weighted by Gasteiger charge is 2.51. The zero-order chi connectivity index (χ0) is 14.3. The number of sulfonamides is 1. The van der Waals surface area contributed by atoms with Crippen LogP contribution in [0.2, 0.25) is 0 Å². The molecule has 116 valence electrons. The molecule has 0 radical (unpaired) electrons. The van der Waals surface area contributed by atoms with Crippen molar-refractivity contribution in [3.8, 4) is 0 Å². The Kier molecular flexibility index (Phi) is 3.81. The van der Waals surface area contributed by atoms with Crippen molar-refractivity contribution in [2.24, 2.45) is 0 Å². The van der Waals surface area contributed by atoms with E-state index >= 15 is 0 Å². The first kappa shape index (κ1) is 14.7. The van der Waals surface area contributed by atoms with Crippen LogP contribution in [0.3, 0.4) is 0 Å². The molecule has 8 heteroatoms. The summed E-state index contributed by atoms with van der Waals surface area (Å²) in [5.74, 6) is -1.73. The molecule has 2 heterocycles. The Morgan fingerprint density at radius 3 is 1.70 bits per heavy atom. The molecule has 20 heavy (non-hydrogen) atoms. The summed E-state index contributed by atoms with van der Waals surface area (Å²) in [6, 6.07) is 0. The van der Waals surface area contributed by atoms with E-state index in [0.29, 0.717) is 25.9 Å². The van der Waals surface area contributed by atoms with Crippen molar-refractivity contribution in [2.45, 2.75) is 56.5 Å². The van der Waals surface area contributed by atoms with E-state index in [2.05, 4.69) is 0 Å². The first-order valence-corrected chi connectivity index (χ1v) is 8.97. The van der Waals surface area contributed by atoms with Crippen LogP contribution in [0.1, 0.15) is 44.9 Å².